The van der Waals surface area contributed by atoms with Gasteiger partial charge in [0.25, 0.3) is 0 Å². The second-order valence-electron chi connectivity index (χ2n) is 10.7. The third kappa shape index (κ3) is 8.81. The van der Waals surface area contributed by atoms with E-state index in [-0.39, 0.29) is 25.6 Å². The second kappa shape index (κ2) is 15.0. The summed E-state index contributed by atoms with van der Waals surface area (Å²) in [5.74, 6) is 0.672. The maximum Gasteiger partial charge on any atom is 0.319 e. The summed E-state index contributed by atoms with van der Waals surface area (Å²) in [5, 5.41) is 28.6. The Labute approximate surface area is 257 Å². The van der Waals surface area contributed by atoms with E-state index in [0.717, 1.165) is 5.56 Å². The van der Waals surface area contributed by atoms with Gasteiger partial charge in [0.15, 0.2) is 0 Å². The lowest BCUT2D eigenvalue weighted by molar-refractivity contribution is 0.0558. The number of ether oxygens (including phenoxy) is 1. The summed E-state index contributed by atoms with van der Waals surface area (Å²) in [4.78, 5) is 25.1. The van der Waals surface area contributed by atoms with Crippen LogP contribution in [0.4, 0.5) is 21.0 Å². The molecule has 4 amide bonds. The number of benzene rings is 4. The summed E-state index contributed by atoms with van der Waals surface area (Å²) in [7, 11) is 0. The number of anilines is 2. The standard InChI is InChI=1S/C34H39N5O5/c1-24(37-21-30(40)23-44-31-10-6-3-7-11-31)20-34(43,26-12-16-28(17-13-26)38-32(35)41)27-14-18-29(19-15-27)39(33(36)42)22-25-8-4-2-5-9-25/h2-19,24,30,37,40,43H,20-23H2,1H3,(H2,36,42)(H3,35,38,41)/t24?,30-,34?/m0/s1. The SMILES string of the molecule is CC(CC(O)(c1ccc(NC(N)=O)cc1)c1ccc(N(Cc2ccccc2)C(N)=O)cc1)NC[C@H](O)COc1ccccc1. The van der Waals surface area contributed by atoms with Gasteiger partial charge < -0.3 is 37.1 Å². The van der Waals surface area contributed by atoms with Gasteiger partial charge in [-0.2, -0.15) is 0 Å². The molecule has 0 fully saturated rings. The Hall–Kier alpha value is -4.90. The Bertz CT molecular complexity index is 1490. The number of nitrogens with zero attached hydrogens (tertiary/aromatic N) is 1. The Balaban J connectivity index is 1.52. The largest absolute Gasteiger partial charge is 0.491 e. The van der Waals surface area contributed by atoms with Crippen LogP contribution in [0.15, 0.2) is 109 Å². The molecular weight excluding hydrogens is 558 g/mol. The van der Waals surface area contributed by atoms with Crippen molar-refractivity contribution in [1.29, 1.82) is 0 Å². The minimum absolute atomic E-state index is 0.114. The van der Waals surface area contributed by atoms with Crippen LogP contribution in [0.1, 0.15) is 30.0 Å². The van der Waals surface area contributed by atoms with Gasteiger partial charge in [-0.3, -0.25) is 4.90 Å². The quantitative estimate of drug-likeness (QED) is 0.127. The summed E-state index contributed by atoms with van der Waals surface area (Å²) < 4.78 is 5.65. The third-order valence-electron chi connectivity index (χ3n) is 7.23. The highest BCUT2D eigenvalue weighted by molar-refractivity contribution is 5.90. The Kier molecular flexibility index (Phi) is 10.9. The minimum Gasteiger partial charge on any atom is -0.491 e. The fourth-order valence-electron chi connectivity index (χ4n) is 4.97. The number of hydrogen-bond donors (Lipinski definition) is 6. The average Bonchev–Trinajstić information content (AvgIpc) is 3.02. The molecule has 2 unspecified atom stereocenters. The number of rotatable bonds is 14. The van der Waals surface area contributed by atoms with Gasteiger partial charge in [-0.05, 0) is 66.4 Å². The van der Waals surface area contributed by atoms with Crippen LogP contribution in [-0.2, 0) is 12.1 Å². The highest BCUT2D eigenvalue weighted by Gasteiger charge is 2.34. The normalized spacial score (nSPS) is 13.7. The Morgan fingerprint density at radius 1 is 0.864 bits per heavy atom. The fraction of sp³-hybridized carbons (Fsp3) is 0.235. The van der Waals surface area contributed by atoms with E-state index in [2.05, 4.69) is 10.6 Å². The number of primary amides is 2. The Morgan fingerprint density at radius 2 is 1.43 bits per heavy atom. The van der Waals surface area contributed by atoms with Crippen LogP contribution >= 0.6 is 0 Å². The van der Waals surface area contributed by atoms with Crippen molar-refractivity contribution < 1.29 is 24.5 Å². The summed E-state index contributed by atoms with van der Waals surface area (Å²) >= 11 is 0. The number of nitrogens with two attached hydrogens (primary N) is 2. The van der Waals surface area contributed by atoms with E-state index in [1.54, 1.807) is 48.5 Å². The molecule has 10 heteroatoms. The van der Waals surface area contributed by atoms with Crippen molar-refractivity contribution in [1.82, 2.24) is 5.32 Å². The number of amides is 4. The number of para-hydroxylation sites is 1. The zero-order chi connectivity index (χ0) is 31.5. The van der Waals surface area contributed by atoms with Crippen LogP contribution in [0, 0.1) is 0 Å². The van der Waals surface area contributed by atoms with Gasteiger partial charge in [-0.1, -0.05) is 72.8 Å². The first-order valence-electron chi connectivity index (χ1n) is 14.3. The molecule has 4 aromatic rings. The van der Waals surface area contributed by atoms with Crippen molar-refractivity contribution in [3.05, 3.63) is 126 Å². The van der Waals surface area contributed by atoms with Crippen LogP contribution in [0.25, 0.3) is 0 Å². The van der Waals surface area contributed by atoms with Crippen LogP contribution in [0.3, 0.4) is 0 Å². The van der Waals surface area contributed by atoms with Gasteiger partial charge in [0, 0.05) is 24.0 Å². The molecule has 0 saturated heterocycles. The lowest BCUT2D eigenvalue weighted by Crippen LogP contribution is -2.41. The van der Waals surface area contributed by atoms with E-state index in [9.17, 15) is 19.8 Å². The second-order valence-corrected chi connectivity index (χ2v) is 10.7. The summed E-state index contributed by atoms with van der Waals surface area (Å²) in [5.41, 5.74) is 12.7. The number of carbonyl (C=O) groups excluding carboxylic acids is 2. The smallest absolute Gasteiger partial charge is 0.319 e. The van der Waals surface area contributed by atoms with Crippen molar-refractivity contribution >= 4 is 23.4 Å². The molecule has 10 nitrogen and oxygen atoms in total. The molecule has 0 aliphatic heterocycles. The number of urea groups is 2. The van der Waals surface area contributed by atoms with E-state index < -0.39 is 23.8 Å². The zero-order valence-electron chi connectivity index (χ0n) is 24.6. The predicted molar refractivity (Wildman–Crippen MR) is 171 cm³/mol. The van der Waals surface area contributed by atoms with E-state index in [0.29, 0.717) is 34.8 Å². The predicted octanol–water partition coefficient (Wildman–Crippen LogP) is 4.31. The number of hydrogen-bond acceptors (Lipinski definition) is 6. The van der Waals surface area contributed by atoms with Gasteiger partial charge in [-0.25, -0.2) is 9.59 Å². The van der Waals surface area contributed by atoms with E-state index in [4.69, 9.17) is 16.2 Å². The van der Waals surface area contributed by atoms with Crippen LogP contribution in [0.5, 0.6) is 5.75 Å². The van der Waals surface area contributed by atoms with Crippen molar-refractivity contribution in [3.63, 3.8) is 0 Å². The molecule has 8 N–H and O–H groups in total. The summed E-state index contributed by atoms with van der Waals surface area (Å²) in [6.07, 6.45) is -0.529. The molecule has 0 saturated carbocycles. The van der Waals surface area contributed by atoms with Crippen molar-refractivity contribution in [3.8, 4) is 5.75 Å². The first kappa shape index (κ1) is 32.0. The molecule has 3 atom stereocenters. The highest BCUT2D eigenvalue weighted by atomic mass is 16.5. The Morgan fingerprint density at radius 3 is 2.00 bits per heavy atom. The van der Waals surface area contributed by atoms with Crippen molar-refractivity contribution in [2.75, 3.05) is 23.4 Å². The summed E-state index contributed by atoms with van der Waals surface area (Å²) in [6.45, 7) is 2.58. The summed E-state index contributed by atoms with van der Waals surface area (Å²) in [6, 6.07) is 31.1. The monoisotopic (exact) mass is 597 g/mol. The van der Waals surface area contributed by atoms with Crippen LogP contribution in [0.2, 0.25) is 0 Å². The molecular formula is C34H39N5O5. The maximum absolute atomic E-state index is 12.3. The maximum atomic E-state index is 12.3. The van der Waals surface area contributed by atoms with Gasteiger partial charge in [0.1, 0.15) is 24.1 Å². The molecule has 0 aromatic heterocycles. The number of aliphatic hydroxyl groups excluding tert-OH is 1. The lowest BCUT2D eigenvalue weighted by Gasteiger charge is -2.33. The zero-order valence-corrected chi connectivity index (χ0v) is 24.6. The topological polar surface area (TPSA) is 163 Å². The number of aliphatic hydroxyl groups is 2. The molecule has 0 heterocycles. The molecule has 0 radical (unpaired) electrons. The average molecular weight is 598 g/mol. The lowest BCUT2D eigenvalue weighted by atomic mass is 9.81. The third-order valence-corrected chi connectivity index (χ3v) is 7.23. The van der Waals surface area contributed by atoms with Gasteiger partial charge >= 0.3 is 12.1 Å². The van der Waals surface area contributed by atoms with Gasteiger partial charge in [0.2, 0.25) is 0 Å². The fourth-order valence-corrected chi connectivity index (χ4v) is 4.97. The molecule has 4 aromatic carbocycles. The van der Waals surface area contributed by atoms with Crippen molar-refractivity contribution in [2.24, 2.45) is 11.5 Å². The van der Waals surface area contributed by atoms with Crippen LogP contribution in [-0.4, -0.2) is 47.6 Å². The first-order valence-corrected chi connectivity index (χ1v) is 14.3. The van der Waals surface area contributed by atoms with Crippen molar-refractivity contribution in [2.45, 2.75) is 37.6 Å². The molecule has 0 spiro atoms. The van der Waals surface area contributed by atoms with E-state index in [1.165, 1.54) is 4.90 Å². The first-order chi connectivity index (χ1) is 21.1. The molecule has 44 heavy (non-hydrogen) atoms. The molecule has 0 aliphatic rings. The number of nitrogens with one attached hydrogen (secondary N) is 2. The molecule has 4 rings (SSSR count). The van der Waals surface area contributed by atoms with E-state index in [1.807, 2.05) is 67.6 Å². The molecule has 0 bridgehead atoms. The minimum atomic E-state index is -1.47. The van der Waals surface area contributed by atoms with Gasteiger partial charge in [0.05, 0.1) is 6.54 Å². The molecule has 230 valence electrons. The highest BCUT2D eigenvalue weighted by Crippen LogP contribution is 2.36. The van der Waals surface area contributed by atoms with Gasteiger partial charge in [-0.15, -0.1) is 0 Å². The molecule has 0 aliphatic carbocycles. The number of carbonyl (C=O) groups is 2. The van der Waals surface area contributed by atoms with E-state index >= 15 is 0 Å². The van der Waals surface area contributed by atoms with Crippen LogP contribution < -0.4 is 31.7 Å².